The van der Waals surface area contributed by atoms with E-state index in [1.54, 1.807) is 10.7 Å². The predicted octanol–water partition coefficient (Wildman–Crippen LogP) is 4.04. The fraction of sp³-hybridized carbons (Fsp3) is 0.391. The molecule has 0 saturated heterocycles. The standard InChI is InChI=1S/C23H29N5O2/c1-7-12-30-19-10-8-18(9-11-19)23(5,6)26-21(29)20-14-17(4)28(27-20)22-24-15(2)13-16(3)25-22/h8-11,13-14H,7,12H2,1-6H3,(H,26,29). The highest BCUT2D eigenvalue weighted by molar-refractivity contribution is 5.93. The first-order chi connectivity index (χ1) is 14.2. The third-order valence-electron chi connectivity index (χ3n) is 4.75. The maximum Gasteiger partial charge on any atom is 0.272 e. The molecule has 7 nitrogen and oxygen atoms in total. The Bertz CT molecular complexity index is 1020. The van der Waals surface area contributed by atoms with Crippen molar-refractivity contribution in [3.8, 4) is 11.7 Å². The monoisotopic (exact) mass is 407 g/mol. The van der Waals surface area contributed by atoms with E-state index in [-0.39, 0.29) is 5.91 Å². The fourth-order valence-corrected chi connectivity index (χ4v) is 3.20. The molecule has 2 heterocycles. The van der Waals surface area contributed by atoms with Gasteiger partial charge in [-0.15, -0.1) is 0 Å². The normalized spacial score (nSPS) is 11.4. The summed E-state index contributed by atoms with van der Waals surface area (Å²) in [6.07, 6.45) is 0.961. The summed E-state index contributed by atoms with van der Waals surface area (Å²) >= 11 is 0. The number of aryl methyl sites for hydroxylation is 3. The molecule has 0 radical (unpaired) electrons. The first-order valence-corrected chi connectivity index (χ1v) is 10.1. The first kappa shape index (κ1) is 21.5. The van der Waals surface area contributed by atoms with Crippen LogP contribution in [0.1, 0.15) is 60.3 Å². The molecular weight excluding hydrogens is 378 g/mol. The van der Waals surface area contributed by atoms with Gasteiger partial charge in [-0.3, -0.25) is 4.79 Å². The average molecular weight is 408 g/mol. The van der Waals surface area contributed by atoms with Crippen LogP contribution in [-0.4, -0.2) is 32.3 Å². The zero-order valence-electron chi connectivity index (χ0n) is 18.5. The zero-order valence-corrected chi connectivity index (χ0v) is 18.5. The lowest BCUT2D eigenvalue weighted by molar-refractivity contribution is 0.0906. The maximum atomic E-state index is 12.9. The van der Waals surface area contributed by atoms with Gasteiger partial charge in [-0.2, -0.15) is 5.10 Å². The molecule has 0 atom stereocenters. The molecule has 3 rings (SSSR count). The van der Waals surface area contributed by atoms with Crippen molar-refractivity contribution in [2.24, 2.45) is 0 Å². The van der Waals surface area contributed by atoms with Gasteiger partial charge in [-0.05, 0) is 70.9 Å². The summed E-state index contributed by atoms with van der Waals surface area (Å²) in [5, 5.41) is 7.52. The van der Waals surface area contributed by atoms with Crippen molar-refractivity contribution in [3.63, 3.8) is 0 Å². The number of nitrogens with one attached hydrogen (secondary N) is 1. The Kier molecular flexibility index (Phi) is 6.20. The highest BCUT2D eigenvalue weighted by Gasteiger charge is 2.25. The van der Waals surface area contributed by atoms with Crippen molar-refractivity contribution in [2.75, 3.05) is 6.61 Å². The summed E-state index contributed by atoms with van der Waals surface area (Å²) in [4.78, 5) is 21.8. The minimum atomic E-state index is -0.575. The predicted molar refractivity (Wildman–Crippen MR) is 116 cm³/mol. The maximum absolute atomic E-state index is 12.9. The van der Waals surface area contributed by atoms with E-state index in [0.717, 1.165) is 34.8 Å². The highest BCUT2D eigenvalue weighted by Crippen LogP contribution is 2.23. The Hall–Kier alpha value is -3.22. The summed E-state index contributed by atoms with van der Waals surface area (Å²) < 4.78 is 7.23. The van der Waals surface area contributed by atoms with Crippen LogP contribution >= 0.6 is 0 Å². The lowest BCUT2D eigenvalue weighted by Crippen LogP contribution is -2.41. The topological polar surface area (TPSA) is 81.9 Å². The Labute approximate surface area is 177 Å². The molecule has 158 valence electrons. The number of rotatable bonds is 7. The molecule has 30 heavy (non-hydrogen) atoms. The molecule has 0 fully saturated rings. The second-order valence-electron chi connectivity index (χ2n) is 7.99. The van der Waals surface area contributed by atoms with Crippen LogP contribution in [0.5, 0.6) is 5.75 Å². The summed E-state index contributed by atoms with van der Waals surface area (Å²) in [7, 11) is 0. The molecule has 7 heteroatoms. The summed E-state index contributed by atoms with van der Waals surface area (Å²) in [5.74, 6) is 1.04. The zero-order chi connectivity index (χ0) is 21.9. The lowest BCUT2D eigenvalue weighted by Gasteiger charge is -2.26. The molecule has 0 spiro atoms. The number of carbonyl (C=O) groups is 1. The van der Waals surface area contributed by atoms with Gasteiger partial charge in [0.25, 0.3) is 11.9 Å². The minimum Gasteiger partial charge on any atom is -0.494 e. The quantitative estimate of drug-likeness (QED) is 0.639. The molecule has 0 aliphatic heterocycles. The first-order valence-electron chi connectivity index (χ1n) is 10.1. The number of hydrogen-bond acceptors (Lipinski definition) is 5. The third-order valence-corrected chi connectivity index (χ3v) is 4.75. The van der Waals surface area contributed by atoms with E-state index in [1.807, 2.05) is 65.0 Å². The van der Waals surface area contributed by atoms with Gasteiger partial charge in [-0.25, -0.2) is 14.6 Å². The summed E-state index contributed by atoms with van der Waals surface area (Å²) in [6.45, 7) is 12.4. The van der Waals surface area contributed by atoms with Crippen molar-refractivity contribution >= 4 is 5.91 Å². The Morgan fingerprint density at radius 2 is 1.70 bits per heavy atom. The number of aromatic nitrogens is 4. The van der Waals surface area contributed by atoms with E-state index in [1.165, 1.54) is 0 Å². The van der Waals surface area contributed by atoms with Crippen LogP contribution in [0.25, 0.3) is 5.95 Å². The van der Waals surface area contributed by atoms with Crippen molar-refractivity contribution < 1.29 is 9.53 Å². The Morgan fingerprint density at radius 1 is 1.07 bits per heavy atom. The van der Waals surface area contributed by atoms with Crippen LogP contribution in [0.3, 0.4) is 0 Å². The third kappa shape index (κ3) is 4.84. The van der Waals surface area contributed by atoms with Crippen LogP contribution in [0.4, 0.5) is 0 Å². The molecule has 1 aromatic carbocycles. The van der Waals surface area contributed by atoms with Gasteiger partial charge in [0, 0.05) is 17.1 Å². The Morgan fingerprint density at radius 3 is 2.30 bits per heavy atom. The van der Waals surface area contributed by atoms with E-state index in [9.17, 15) is 4.79 Å². The average Bonchev–Trinajstić information content (AvgIpc) is 3.07. The van der Waals surface area contributed by atoms with Gasteiger partial charge < -0.3 is 10.1 Å². The second-order valence-corrected chi connectivity index (χ2v) is 7.99. The van der Waals surface area contributed by atoms with E-state index >= 15 is 0 Å². The van der Waals surface area contributed by atoms with Crippen molar-refractivity contribution in [1.29, 1.82) is 0 Å². The van der Waals surface area contributed by atoms with E-state index in [2.05, 4.69) is 27.3 Å². The van der Waals surface area contributed by atoms with Gasteiger partial charge in [0.05, 0.1) is 12.1 Å². The number of carbonyl (C=O) groups excluding carboxylic acids is 1. The van der Waals surface area contributed by atoms with Gasteiger partial charge in [-0.1, -0.05) is 19.1 Å². The SMILES string of the molecule is CCCOc1ccc(C(C)(C)NC(=O)c2cc(C)n(-c3nc(C)cc(C)n3)n2)cc1. The van der Waals surface area contributed by atoms with Crippen LogP contribution in [-0.2, 0) is 5.54 Å². The molecule has 2 aromatic heterocycles. The molecular formula is C23H29N5O2. The van der Waals surface area contributed by atoms with Crippen LogP contribution in [0.2, 0.25) is 0 Å². The van der Waals surface area contributed by atoms with Crippen LogP contribution in [0.15, 0.2) is 36.4 Å². The van der Waals surface area contributed by atoms with Crippen molar-refractivity contribution in [2.45, 2.75) is 53.5 Å². The summed E-state index contributed by atoms with van der Waals surface area (Å²) in [6, 6.07) is 11.4. The van der Waals surface area contributed by atoms with Gasteiger partial charge in [0.15, 0.2) is 5.69 Å². The molecule has 0 aliphatic rings. The molecule has 0 bridgehead atoms. The number of nitrogens with zero attached hydrogens (tertiary/aromatic N) is 4. The molecule has 3 aromatic rings. The van der Waals surface area contributed by atoms with Gasteiger partial charge in [0.2, 0.25) is 0 Å². The largest absolute Gasteiger partial charge is 0.494 e. The molecule has 0 aliphatic carbocycles. The molecule has 1 amide bonds. The minimum absolute atomic E-state index is 0.252. The van der Waals surface area contributed by atoms with Crippen molar-refractivity contribution in [3.05, 3.63) is 64.7 Å². The summed E-state index contributed by atoms with van der Waals surface area (Å²) in [5.41, 5.74) is 3.23. The number of hydrogen-bond donors (Lipinski definition) is 1. The number of amides is 1. The molecule has 1 N–H and O–H groups in total. The van der Waals surface area contributed by atoms with Gasteiger partial charge >= 0.3 is 0 Å². The van der Waals surface area contributed by atoms with Crippen LogP contribution in [0, 0.1) is 20.8 Å². The van der Waals surface area contributed by atoms with Crippen LogP contribution < -0.4 is 10.1 Å². The highest BCUT2D eigenvalue weighted by atomic mass is 16.5. The number of ether oxygens (including phenoxy) is 1. The van der Waals surface area contributed by atoms with Gasteiger partial charge in [0.1, 0.15) is 5.75 Å². The fourth-order valence-electron chi connectivity index (χ4n) is 3.20. The molecule has 0 unspecified atom stereocenters. The van der Waals surface area contributed by atoms with E-state index in [0.29, 0.717) is 18.2 Å². The van der Waals surface area contributed by atoms with Crippen molar-refractivity contribution in [1.82, 2.24) is 25.1 Å². The second kappa shape index (κ2) is 8.65. The van der Waals surface area contributed by atoms with E-state index < -0.39 is 5.54 Å². The lowest BCUT2D eigenvalue weighted by atomic mass is 9.94. The molecule has 0 saturated carbocycles. The smallest absolute Gasteiger partial charge is 0.272 e. The number of benzene rings is 1. The van der Waals surface area contributed by atoms with E-state index in [4.69, 9.17) is 4.74 Å². The Balaban J connectivity index is 1.78.